The van der Waals surface area contributed by atoms with Gasteiger partial charge in [0.25, 0.3) is 0 Å². The lowest BCUT2D eigenvalue weighted by atomic mass is 9.33. The highest BCUT2D eigenvalue weighted by molar-refractivity contribution is 5.96. The fourth-order valence-corrected chi connectivity index (χ4v) is 10.1. The summed E-state index contributed by atoms with van der Waals surface area (Å²) in [6.07, 6.45) is 12.3. The molecule has 0 amide bonds. The molecule has 0 saturated heterocycles. The minimum atomic E-state index is -0.612. The van der Waals surface area contributed by atoms with Crippen molar-refractivity contribution in [1.82, 2.24) is 0 Å². The van der Waals surface area contributed by atoms with Crippen molar-refractivity contribution in [1.29, 1.82) is 0 Å². The zero-order valence-corrected chi connectivity index (χ0v) is 23.2. The lowest BCUT2D eigenvalue weighted by Crippen LogP contribution is -2.67. The second-order valence-corrected chi connectivity index (χ2v) is 14.7. The second kappa shape index (κ2) is 7.33. The summed E-state index contributed by atoms with van der Waals surface area (Å²) in [4.78, 5) is 27.1. The Balaban J connectivity index is 1.64. The highest BCUT2D eigenvalue weighted by atomic mass is 16.5. The van der Waals surface area contributed by atoms with Crippen LogP contribution in [0.4, 0.5) is 0 Å². The first kappa shape index (κ1) is 25.2. The van der Waals surface area contributed by atoms with E-state index in [1.165, 1.54) is 12.7 Å². The van der Waals surface area contributed by atoms with Gasteiger partial charge < -0.3 is 9.84 Å². The van der Waals surface area contributed by atoms with Gasteiger partial charge in [0.15, 0.2) is 5.78 Å². The first-order chi connectivity index (χ1) is 16.1. The van der Waals surface area contributed by atoms with Crippen LogP contribution in [0, 0.1) is 50.2 Å². The van der Waals surface area contributed by atoms with Crippen LogP contribution in [0.25, 0.3) is 0 Å². The van der Waals surface area contributed by atoms with Crippen molar-refractivity contribution in [2.75, 3.05) is 7.11 Å². The third-order valence-electron chi connectivity index (χ3n) is 12.7. The molecule has 0 aliphatic heterocycles. The summed E-state index contributed by atoms with van der Waals surface area (Å²) >= 11 is 0. The number of aliphatic hydroxyl groups excluding tert-OH is 1. The van der Waals surface area contributed by atoms with E-state index in [2.05, 4.69) is 54.5 Å². The van der Waals surface area contributed by atoms with Gasteiger partial charge >= 0.3 is 5.97 Å². The van der Waals surface area contributed by atoms with Gasteiger partial charge in [-0.15, -0.1) is 0 Å². The second-order valence-electron chi connectivity index (χ2n) is 14.7. The summed E-state index contributed by atoms with van der Waals surface area (Å²) in [5, 5.41) is 11.4. The normalized spacial score (nSPS) is 52.4. The maximum atomic E-state index is 14.3. The number of allylic oxidation sites excluding steroid dienone is 3. The van der Waals surface area contributed by atoms with E-state index >= 15 is 0 Å². The van der Waals surface area contributed by atoms with Crippen LogP contribution in [-0.2, 0) is 14.3 Å². The highest BCUT2D eigenvalue weighted by Crippen LogP contribution is 2.74. The molecule has 3 unspecified atom stereocenters. The van der Waals surface area contributed by atoms with Crippen molar-refractivity contribution >= 4 is 11.8 Å². The van der Waals surface area contributed by atoms with Gasteiger partial charge in [-0.05, 0) is 91.4 Å². The van der Waals surface area contributed by atoms with Gasteiger partial charge in [-0.3, -0.25) is 9.59 Å². The largest absolute Gasteiger partial charge is 0.469 e. The minimum Gasteiger partial charge on any atom is -0.469 e. The molecule has 0 aromatic carbocycles. The number of carbonyl (C=O) groups excluding carboxylic acids is 2. The summed E-state index contributed by atoms with van der Waals surface area (Å²) in [5.74, 6) is 0.347. The fourth-order valence-electron chi connectivity index (χ4n) is 10.1. The molecular weight excluding hydrogens is 436 g/mol. The topological polar surface area (TPSA) is 63.6 Å². The predicted octanol–water partition coefficient (Wildman–Crippen LogP) is 6.28. The molecular formula is C31H46O4. The molecule has 5 aliphatic carbocycles. The van der Waals surface area contributed by atoms with Crippen molar-refractivity contribution in [3.05, 3.63) is 23.8 Å². The van der Waals surface area contributed by atoms with Crippen LogP contribution in [-0.4, -0.2) is 30.1 Å². The van der Waals surface area contributed by atoms with Crippen LogP contribution in [0.2, 0.25) is 0 Å². The third kappa shape index (κ3) is 3.01. The van der Waals surface area contributed by atoms with E-state index in [1.54, 1.807) is 0 Å². The quantitative estimate of drug-likeness (QED) is 0.353. The van der Waals surface area contributed by atoms with Gasteiger partial charge in [-0.1, -0.05) is 59.3 Å². The minimum absolute atomic E-state index is 0.0443. The number of fused-ring (bicyclic) bond motifs is 7. The zero-order valence-electron chi connectivity index (χ0n) is 23.2. The summed E-state index contributed by atoms with van der Waals surface area (Å²) in [6, 6.07) is 0. The average Bonchev–Trinajstić information content (AvgIpc) is 2.78. The van der Waals surface area contributed by atoms with Crippen molar-refractivity contribution in [3.63, 3.8) is 0 Å². The Labute approximate surface area is 212 Å². The zero-order chi connectivity index (χ0) is 25.8. The van der Waals surface area contributed by atoms with Crippen molar-refractivity contribution in [2.24, 2.45) is 50.2 Å². The molecule has 0 heterocycles. The Morgan fingerprint density at radius 1 is 1.00 bits per heavy atom. The number of ether oxygens (including phenoxy) is 1. The Hall–Kier alpha value is -1.42. The van der Waals surface area contributed by atoms with Crippen LogP contribution in [0.15, 0.2) is 23.8 Å². The SMILES string of the molecule is COC(=O)[C@@]1(C)CC[C@@]2(C)CC[C@]3(C)C(=CC(=O)C4[C@]5(C)C(CC[C@]43C)C(C)(C)C=C[C@@H]5O)C2C1. The molecule has 0 radical (unpaired) electrons. The summed E-state index contributed by atoms with van der Waals surface area (Å²) in [5.41, 5.74) is 0.0195. The number of aliphatic hydroxyl groups is 1. The number of methoxy groups -OCH3 is 1. The molecule has 5 rings (SSSR count). The van der Waals surface area contributed by atoms with Crippen LogP contribution in [0.1, 0.15) is 93.4 Å². The van der Waals surface area contributed by atoms with Crippen LogP contribution in [0.5, 0.6) is 0 Å². The molecule has 3 saturated carbocycles. The molecule has 3 fully saturated rings. The van der Waals surface area contributed by atoms with E-state index in [0.717, 1.165) is 44.9 Å². The summed E-state index contributed by atoms with van der Waals surface area (Å²) < 4.78 is 5.24. The maximum absolute atomic E-state index is 14.3. The Kier molecular flexibility index (Phi) is 5.29. The molecule has 0 aromatic rings. The van der Waals surface area contributed by atoms with E-state index in [4.69, 9.17) is 4.74 Å². The van der Waals surface area contributed by atoms with Gasteiger partial charge in [0.05, 0.1) is 18.6 Å². The number of carbonyl (C=O) groups is 2. The highest BCUT2D eigenvalue weighted by Gasteiger charge is 2.70. The van der Waals surface area contributed by atoms with Crippen LogP contribution >= 0.6 is 0 Å². The molecule has 0 spiro atoms. The lowest BCUT2D eigenvalue weighted by molar-refractivity contribution is -0.193. The van der Waals surface area contributed by atoms with E-state index < -0.39 is 16.9 Å². The number of hydrogen-bond acceptors (Lipinski definition) is 4. The number of ketones is 1. The Morgan fingerprint density at radius 3 is 2.31 bits per heavy atom. The molecule has 4 nitrogen and oxygen atoms in total. The van der Waals surface area contributed by atoms with Crippen LogP contribution in [0.3, 0.4) is 0 Å². The van der Waals surface area contributed by atoms with Crippen molar-refractivity contribution in [3.8, 4) is 0 Å². The average molecular weight is 483 g/mol. The van der Waals surface area contributed by atoms with Crippen molar-refractivity contribution < 1.29 is 19.4 Å². The summed E-state index contributed by atoms with van der Waals surface area (Å²) in [7, 11) is 1.49. The van der Waals surface area contributed by atoms with E-state index in [1.807, 2.05) is 12.2 Å². The Bertz CT molecular complexity index is 1020. The molecule has 194 valence electrons. The molecule has 4 heteroatoms. The lowest BCUT2D eigenvalue weighted by Gasteiger charge is -2.70. The smallest absolute Gasteiger partial charge is 0.311 e. The monoisotopic (exact) mass is 482 g/mol. The molecule has 0 bridgehead atoms. The molecule has 0 aromatic heterocycles. The van der Waals surface area contributed by atoms with Gasteiger partial charge in [0.1, 0.15) is 0 Å². The van der Waals surface area contributed by atoms with Gasteiger partial charge in [-0.25, -0.2) is 0 Å². The third-order valence-corrected chi connectivity index (χ3v) is 12.7. The molecule has 9 atom stereocenters. The predicted molar refractivity (Wildman–Crippen MR) is 137 cm³/mol. The summed E-state index contributed by atoms with van der Waals surface area (Å²) in [6.45, 7) is 15.9. The van der Waals surface area contributed by atoms with E-state index in [9.17, 15) is 14.7 Å². The van der Waals surface area contributed by atoms with E-state index in [-0.39, 0.29) is 51.2 Å². The molecule has 5 aliphatic rings. The van der Waals surface area contributed by atoms with Crippen molar-refractivity contribution in [2.45, 2.75) is 99.5 Å². The molecule has 1 N–H and O–H groups in total. The first-order valence-electron chi connectivity index (χ1n) is 13.8. The van der Waals surface area contributed by atoms with E-state index in [0.29, 0.717) is 0 Å². The Morgan fingerprint density at radius 2 is 1.66 bits per heavy atom. The van der Waals surface area contributed by atoms with Crippen LogP contribution < -0.4 is 0 Å². The number of hydrogen-bond donors (Lipinski definition) is 1. The van der Waals surface area contributed by atoms with Gasteiger partial charge in [0.2, 0.25) is 0 Å². The standard InChI is InChI=1S/C31H46O4/c1-26(2)11-10-23(33)31(7)22(26)9-12-30(6)24(31)21(32)17-19-20-18-28(4,25(34)35-8)14-13-27(20,3)15-16-29(19,30)5/h10-11,17,20,22-24,33H,9,12-16,18H2,1-8H3/t20?,22?,23-,24?,27-,28-,29+,30+,31+/m0/s1. The van der Waals surface area contributed by atoms with Gasteiger partial charge in [0, 0.05) is 11.3 Å². The maximum Gasteiger partial charge on any atom is 0.311 e. The number of rotatable bonds is 1. The van der Waals surface area contributed by atoms with Gasteiger partial charge in [-0.2, -0.15) is 0 Å². The first-order valence-corrected chi connectivity index (χ1v) is 13.8. The molecule has 35 heavy (non-hydrogen) atoms. The fraction of sp³-hybridized carbons (Fsp3) is 0.806. The number of esters is 1.